The average molecular weight is 346 g/mol. The van der Waals surface area contributed by atoms with Gasteiger partial charge in [0, 0.05) is 11.8 Å². The first-order valence-corrected chi connectivity index (χ1v) is 8.74. The average Bonchev–Trinajstić information content (AvgIpc) is 2.48. The molecule has 2 aliphatic rings. The fourth-order valence-electron chi connectivity index (χ4n) is 4.51. The van der Waals surface area contributed by atoms with E-state index in [1.54, 1.807) is 12.2 Å². The van der Waals surface area contributed by atoms with E-state index in [1.165, 1.54) is 6.92 Å². The van der Waals surface area contributed by atoms with Crippen molar-refractivity contribution in [2.24, 2.45) is 17.3 Å². The molecule has 0 saturated carbocycles. The lowest BCUT2D eigenvalue weighted by Gasteiger charge is -2.55. The van der Waals surface area contributed by atoms with Crippen molar-refractivity contribution in [3.63, 3.8) is 0 Å². The number of hydrogen-bond acceptors (Lipinski definition) is 3. The maximum Gasteiger partial charge on any atom is 0.315 e. The second-order valence-corrected chi connectivity index (χ2v) is 8.08. The zero-order chi connectivity index (χ0) is 19.4. The Balaban J connectivity index is 2.79. The van der Waals surface area contributed by atoms with Gasteiger partial charge in [-0.2, -0.15) is 0 Å². The predicted molar refractivity (Wildman–Crippen MR) is 99.0 cm³/mol. The topological polar surface area (TPSA) is 77.8 Å². The fourth-order valence-corrected chi connectivity index (χ4v) is 4.51. The van der Waals surface area contributed by atoms with Crippen LogP contribution < -0.4 is 0 Å². The summed E-state index contributed by atoms with van der Waals surface area (Å²) in [5.41, 5.74) is -1.88. The molecule has 0 heterocycles. The minimum absolute atomic E-state index is 0.437. The molecule has 0 fully saturated rings. The molecule has 138 valence electrons. The Morgan fingerprint density at radius 1 is 0.920 bits per heavy atom. The molecule has 0 aromatic rings. The monoisotopic (exact) mass is 346 g/mol. The third-order valence-electron chi connectivity index (χ3n) is 6.52. The minimum Gasteiger partial charge on any atom is -0.481 e. The molecule has 2 rings (SSSR count). The van der Waals surface area contributed by atoms with Crippen molar-refractivity contribution in [2.45, 2.75) is 59.7 Å². The van der Waals surface area contributed by atoms with Gasteiger partial charge in [-0.1, -0.05) is 48.3 Å². The van der Waals surface area contributed by atoms with E-state index in [0.29, 0.717) is 0 Å². The molecule has 0 saturated heterocycles. The summed E-state index contributed by atoms with van der Waals surface area (Å²) in [7, 11) is 0. The van der Waals surface area contributed by atoms with Gasteiger partial charge in [0.25, 0.3) is 0 Å². The van der Waals surface area contributed by atoms with Crippen molar-refractivity contribution in [1.29, 1.82) is 0 Å². The van der Waals surface area contributed by atoms with Crippen LogP contribution >= 0.6 is 0 Å². The number of carboxylic acids is 1. The van der Waals surface area contributed by atoms with Crippen LogP contribution in [0.2, 0.25) is 0 Å². The van der Waals surface area contributed by atoms with Crippen LogP contribution in [0.5, 0.6) is 0 Å². The molecule has 0 bridgehead atoms. The number of aliphatic hydroxyl groups is 2. The molecule has 3 N–H and O–H groups in total. The summed E-state index contributed by atoms with van der Waals surface area (Å²) in [6.07, 6.45) is 7.09. The summed E-state index contributed by atoms with van der Waals surface area (Å²) < 4.78 is 0. The second-order valence-electron chi connectivity index (χ2n) is 8.08. The van der Waals surface area contributed by atoms with Gasteiger partial charge in [0.2, 0.25) is 0 Å². The zero-order valence-corrected chi connectivity index (χ0v) is 16.2. The van der Waals surface area contributed by atoms with Gasteiger partial charge in [-0.15, -0.1) is 0 Å². The van der Waals surface area contributed by atoms with E-state index in [-0.39, 0.29) is 0 Å². The minimum atomic E-state index is -1.83. The van der Waals surface area contributed by atoms with Crippen molar-refractivity contribution >= 4 is 5.97 Å². The van der Waals surface area contributed by atoms with Crippen molar-refractivity contribution in [2.75, 3.05) is 0 Å². The van der Waals surface area contributed by atoms with Crippen LogP contribution in [-0.2, 0) is 4.79 Å². The highest BCUT2D eigenvalue weighted by Gasteiger charge is 2.67. The van der Waals surface area contributed by atoms with Gasteiger partial charge < -0.3 is 15.3 Å². The molecule has 0 amide bonds. The number of aliphatic carboxylic acids is 1. The van der Waals surface area contributed by atoms with Crippen LogP contribution in [0.4, 0.5) is 0 Å². The summed E-state index contributed by atoms with van der Waals surface area (Å²) in [5, 5.41) is 33.6. The maximum atomic E-state index is 12.5. The second kappa shape index (κ2) is 5.96. The Morgan fingerprint density at radius 3 is 1.52 bits per heavy atom. The molecule has 4 heteroatoms. The summed E-state index contributed by atoms with van der Waals surface area (Å²) in [4.78, 5) is 12.5. The molecule has 0 spiro atoms. The smallest absolute Gasteiger partial charge is 0.315 e. The lowest BCUT2D eigenvalue weighted by Crippen LogP contribution is -2.68. The highest BCUT2D eigenvalue weighted by Crippen LogP contribution is 2.55. The lowest BCUT2D eigenvalue weighted by atomic mass is 9.51. The quantitative estimate of drug-likeness (QED) is 0.729. The van der Waals surface area contributed by atoms with Crippen LogP contribution in [0, 0.1) is 17.3 Å². The predicted octanol–water partition coefficient (Wildman–Crippen LogP) is 3.62. The molecule has 25 heavy (non-hydrogen) atoms. The Morgan fingerprint density at radius 2 is 1.24 bits per heavy atom. The van der Waals surface area contributed by atoms with Crippen LogP contribution in [0.25, 0.3) is 0 Å². The standard InChI is InChI=1S/C21H30O4/c1-12-8-14(3)16(5)20(24,10-12)19(7,18(22)23)21(25)11-13(2)9-15(4)17(21)6/h8-11,16-17,24-25H,1-7H3,(H,22,23). The highest BCUT2D eigenvalue weighted by atomic mass is 16.4. The number of allylic oxidation sites excluding steroid dienone is 4. The fraction of sp³-hybridized carbons (Fsp3) is 0.571. The summed E-state index contributed by atoms with van der Waals surface area (Å²) in [6, 6.07) is 0. The van der Waals surface area contributed by atoms with Crippen LogP contribution in [0.15, 0.2) is 46.6 Å². The van der Waals surface area contributed by atoms with Crippen LogP contribution in [0.1, 0.15) is 48.5 Å². The lowest BCUT2D eigenvalue weighted by molar-refractivity contribution is -0.203. The van der Waals surface area contributed by atoms with Gasteiger partial charge >= 0.3 is 5.97 Å². The number of hydrogen-bond donors (Lipinski definition) is 3. The normalized spacial score (nSPS) is 38.1. The molecule has 0 aromatic carbocycles. The third-order valence-corrected chi connectivity index (χ3v) is 6.52. The van der Waals surface area contributed by atoms with E-state index in [2.05, 4.69) is 0 Å². The zero-order valence-electron chi connectivity index (χ0n) is 16.2. The Hall–Kier alpha value is -1.65. The molecule has 0 aromatic heterocycles. The summed E-state index contributed by atoms with van der Waals surface area (Å²) >= 11 is 0. The SMILES string of the molecule is CC1=CC(O)(C(C)(C(=O)O)C2(O)C=C(C)C=C(C)C2C)C(C)C(C)=C1. The van der Waals surface area contributed by atoms with E-state index in [9.17, 15) is 20.1 Å². The van der Waals surface area contributed by atoms with E-state index < -0.39 is 34.4 Å². The van der Waals surface area contributed by atoms with E-state index in [4.69, 9.17) is 0 Å². The van der Waals surface area contributed by atoms with Crippen molar-refractivity contribution < 1.29 is 20.1 Å². The van der Waals surface area contributed by atoms with Gasteiger partial charge in [0.15, 0.2) is 0 Å². The summed E-state index contributed by atoms with van der Waals surface area (Å²) in [6.45, 7) is 12.5. The van der Waals surface area contributed by atoms with Crippen molar-refractivity contribution in [3.05, 3.63) is 46.6 Å². The first kappa shape index (κ1) is 19.7. The highest BCUT2D eigenvalue weighted by molar-refractivity contribution is 5.80. The summed E-state index contributed by atoms with van der Waals surface area (Å²) in [5.74, 6) is -2.09. The van der Waals surface area contributed by atoms with Crippen LogP contribution in [0.3, 0.4) is 0 Å². The third kappa shape index (κ3) is 2.54. The first-order chi connectivity index (χ1) is 11.3. The molecule has 4 unspecified atom stereocenters. The number of rotatable bonds is 3. The first-order valence-electron chi connectivity index (χ1n) is 8.74. The van der Waals surface area contributed by atoms with Crippen molar-refractivity contribution in [3.8, 4) is 0 Å². The van der Waals surface area contributed by atoms with Gasteiger partial charge in [-0.25, -0.2) is 0 Å². The van der Waals surface area contributed by atoms with Gasteiger partial charge in [0.1, 0.15) is 16.6 Å². The van der Waals surface area contributed by atoms with E-state index in [1.807, 2.05) is 53.7 Å². The number of carboxylic acid groups (broad SMARTS) is 1. The maximum absolute atomic E-state index is 12.5. The van der Waals surface area contributed by atoms with E-state index in [0.717, 1.165) is 22.3 Å². The van der Waals surface area contributed by atoms with E-state index >= 15 is 0 Å². The van der Waals surface area contributed by atoms with Gasteiger partial charge in [-0.3, -0.25) is 4.79 Å². The van der Waals surface area contributed by atoms with Crippen molar-refractivity contribution in [1.82, 2.24) is 0 Å². The molecule has 0 aliphatic heterocycles. The molecular formula is C21H30O4. The molecular weight excluding hydrogens is 316 g/mol. The van der Waals surface area contributed by atoms with Gasteiger partial charge in [-0.05, 0) is 46.8 Å². The Kier molecular flexibility index (Phi) is 4.69. The molecule has 4 nitrogen and oxygen atoms in total. The van der Waals surface area contributed by atoms with Gasteiger partial charge in [0.05, 0.1) is 0 Å². The largest absolute Gasteiger partial charge is 0.481 e. The molecule has 0 radical (unpaired) electrons. The Bertz CT molecular complexity index is 672. The van der Waals surface area contributed by atoms with Crippen LogP contribution in [-0.4, -0.2) is 32.5 Å². The molecule has 4 atom stereocenters. The molecule has 2 aliphatic carbocycles. The number of carbonyl (C=O) groups is 1. The Labute approximate surface area is 150 Å².